The van der Waals surface area contributed by atoms with Crippen LogP contribution in [0.25, 0.3) is 6.08 Å². The first-order valence-corrected chi connectivity index (χ1v) is 8.54. The molecule has 0 radical (unpaired) electrons. The van der Waals surface area contributed by atoms with Gasteiger partial charge in [-0.05, 0) is 56.1 Å². The standard InChI is InChI=1S/C21H25FN2O3/c1-24(2)19(15-6-5-7-17(22)12-15)14-23-21(25)11-8-16-13-18(26-3)9-10-20(16)27-4/h5-13,19H,14H2,1-4H3,(H,23,25)/b11-8+. The molecule has 0 saturated carbocycles. The second-order valence-electron chi connectivity index (χ2n) is 6.22. The van der Waals surface area contributed by atoms with E-state index in [9.17, 15) is 9.18 Å². The number of benzene rings is 2. The second kappa shape index (κ2) is 9.73. The molecule has 144 valence electrons. The highest BCUT2D eigenvalue weighted by Gasteiger charge is 2.15. The molecule has 0 aromatic heterocycles. The Balaban J connectivity index is 2.05. The highest BCUT2D eigenvalue weighted by Crippen LogP contribution is 2.25. The number of hydrogen-bond donors (Lipinski definition) is 1. The number of amides is 1. The van der Waals surface area contributed by atoms with Crippen molar-refractivity contribution in [3.63, 3.8) is 0 Å². The Morgan fingerprint density at radius 1 is 1.19 bits per heavy atom. The van der Waals surface area contributed by atoms with Crippen molar-refractivity contribution in [3.8, 4) is 11.5 Å². The van der Waals surface area contributed by atoms with Gasteiger partial charge in [-0.3, -0.25) is 4.79 Å². The number of likely N-dealkylation sites (N-methyl/N-ethyl adjacent to an activating group) is 1. The number of nitrogens with one attached hydrogen (secondary N) is 1. The van der Waals surface area contributed by atoms with Crippen LogP contribution in [-0.2, 0) is 4.79 Å². The fourth-order valence-corrected chi connectivity index (χ4v) is 2.70. The fourth-order valence-electron chi connectivity index (χ4n) is 2.70. The molecule has 1 atom stereocenters. The summed E-state index contributed by atoms with van der Waals surface area (Å²) < 4.78 is 24.0. The van der Waals surface area contributed by atoms with Gasteiger partial charge in [0.1, 0.15) is 17.3 Å². The molecular weight excluding hydrogens is 347 g/mol. The summed E-state index contributed by atoms with van der Waals surface area (Å²) in [5.41, 5.74) is 1.54. The maximum Gasteiger partial charge on any atom is 0.244 e. The van der Waals surface area contributed by atoms with Gasteiger partial charge in [-0.25, -0.2) is 4.39 Å². The first-order chi connectivity index (χ1) is 12.9. The van der Waals surface area contributed by atoms with E-state index >= 15 is 0 Å². The van der Waals surface area contributed by atoms with Gasteiger partial charge >= 0.3 is 0 Å². The lowest BCUT2D eigenvalue weighted by Crippen LogP contribution is -2.33. The Bertz CT molecular complexity index is 806. The molecule has 0 aliphatic rings. The van der Waals surface area contributed by atoms with E-state index in [0.717, 1.165) is 11.1 Å². The Labute approximate surface area is 159 Å². The lowest BCUT2D eigenvalue weighted by Gasteiger charge is -2.25. The van der Waals surface area contributed by atoms with Crippen LogP contribution in [0.4, 0.5) is 4.39 Å². The van der Waals surface area contributed by atoms with Crippen LogP contribution in [0.3, 0.4) is 0 Å². The fraction of sp³-hybridized carbons (Fsp3) is 0.286. The molecule has 0 heterocycles. The van der Waals surface area contributed by atoms with Gasteiger partial charge in [0.25, 0.3) is 0 Å². The molecule has 2 aromatic carbocycles. The van der Waals surface area contributed by atoms with Crippen LogP contribution in [0, 0.1) is 5.82 Å². The van der Waals surface area contributed by atoms with Crippen LogP contribution < -0.4 is 14.8 Å². The normalized spacial score (nSPS) is 12.2. The molecule has 1 N–H and O–H groups in total. The number of hydrogen-bond acceptors (Lipinski definition) is 4. The van der Waals surface area contributed by atoms with E-state index in [0.29, 0.717) is 18.0 Å². The molecule has 0 aliphatic carbocycles. The van der Waals surface area contributed by atoms with E-state index in [1.807, 2.05) is 25.1 Å². The third kappa shape index (κ3) is 5.82. The minimum atomic E-state index is -0.296. The minimum Gasteiger partial charge on any atom is -0.497 e. The highest BCUT2D eigenvalue weighted by molar-refractivity contribution is 5.92. The smallest absolute Gasteiger partial charge is 0.244 e. The maximum absolute atomic E-state index is 13.5. The van der Waals surface area contributed by atoms with E-state index < -0.39 is 0 Å². The molecule has 0 bridgehead atoms. The molecule has 0 saturated heterocycles. The molecule has 5 nitrogen and oxygen atoms in total. The van der Waals surface area contributed by atoms with Crippen molar-refractivity contribution < 1.29 is 18.7 Å². The third-order valence-electron chi connectivity index (χ3n) is 4.18. The quantitative estimate of drug-likeness (QED) is 0.723. The average molecular weight is 372 g/mol. The van der Waals surface area contributed by atoms with Gasteiger partial charge < -0.3 is 19.7 Å². The van der Waals surface area contributed by atoms with Gasteiger partial charge in [0, 0.05) is 18.2 Å². The van der Waals surface area contributed by atoms with Crippen molar-refractivity contribution in [1.29, 1.82) is 0 Å². The summed E-state index contributed by atoms with van der Waals surface area (Å²) in [5, 5.41) is 2.86. The molecule has 2 aromatic rings. The summed E-state index contributed by atoms with van der Waals surface area (Å²) in [5.74, 6) is 0.777. The van der Waals surface area contributed by atoms with E-state index in [-0.39, 0.29) is 17.8 Å². The Kier molecular flexibility index (Phi) is 7.37. The maximum atomic E-state index is 13.5. The first kappa shape index (κ1) is 20.5. The van der Waals surface area contributed by atoms with Crippen molar-refractivity contribution >= 4 is 12.0 Å². The van der Waals surface area contributed by atoms with Gasteiger partial charge in [0.15, 0.2) is 0 Å². The predicted molar refractivity (Wildman–Crippen MR) is 104 cm³/mol. The van der Waals surface area contributed by atoms with Gasteiger partial charge in [0.05, 0.1) is 20.3 Å². The van der Waals surface area contributed by atoms with Crippen LogP contribution in [0.1, 0.15) is 17.2 Å². The number of carbonyl (C=O) groups is 1. The van der Waals surface area contributed by atoms with Crippen molar-refractivity contribution in [3.05, 3.63) is 65.5 Å². The summed E-state index contributed by atoms with van der Waals surface area (Å²) in [6.45, 7) is 0.356. The number of halogens is 1. The summed E-state index contributed by atoms with van der Waals surface area (Å²) >= 11 is 0. The van der Waals surface area contributed by atoms with Crippen molar-refractivity contribution in [2.24, 2.45) is 0 Å². The lowest BCUT2D eigenvalue weighted by molar-refractivity contribution is -0.116. The predicted octanol–water partition coefficient (Wildman–Crippen LogP) is 3.28. The Hall–Kier alpha value is -2.86. The van der Waals surface area contributed by atoms with E-state index in [2.05, 4.69) is 5.32 Å². The van der Waals surface area contributed by atoms with Crippen LogP contribution in [0.15, 0.2) is 48.5 Å². The highest BCUT2D eigenvalue weighted by atomic mass is 19.1. The molecule has 0 fully saturated rings. The molecule has 27 heavy (non-hydrogen) atoms. The Morgan fingerprint density at radius 2 is 1.96 bits per heavy atom. The molecule has 0 spiro atoms. The molecule has 1 amide bonds. The summed E-state index contributed by atoms with van der Waals surface area (Å²) in [6.07, 6.45) is 3.11. The van der Waals surface area contributed by atoms with Crippen molar-refractivity contribution in [2.45, 2.75) is 6.04 Å². The van der Waals surface area contributed by atoms with Gasteiger partial charge in [0.2, 0.25) is 5.91 Å². The summed E-state index contributed by atoms with van der Waals surface area (Å²) in [7, 11) is 6.92. The largest absolute Gasteiger partial charge is 0.497 e. The van der Waals surface area contributed by atoms with Crippen LogP contribution in [-0.4, -0.2) is 45.7 Å². The second-order valence-corrected chi connectivity index (χ2v) is 6.22. The number of nitrogens with zero attached hydrogens (tertiary/aromatic N) is 1. The molecule has 0 aliphatic heterocycles. The summed E-state index contributed by atoms with van der Waals surface area (Å²) in [6, 6.07) is 11.6. The van der Waals surface area contributed by atoms with Gasteiger partial charge in [-0.1, -0.05) is 12.1 Å². The average Bonchev–Trinajstić information content (AvgIpc) is 2.66. The SMILES string of the molecule is COc1ccc(OC)c(/C=C/C(=O)NCC(c2cccc(F)c2)N(C)C)c1. The van der Waals surface area contributed by atoms with E-state index in [1.54, 1.807) is 44.6 Å². The monoisotopic (exact) mass is 372 g/mol. The van der Waals surface area contributed by atoms with Crippen LogP contribution >= 0.6 is 0 Å². The lowest BCUT2D eigenvalue weighted by atomic mass is 10.1. The molecule has 1 unspecified atom stereocenters. The number of rotatable bonds is 8. The van der Waals surface area contributed by atoms with Gasteiger partial charge in [-0.15, -0.1) is 0 Å². The van der Waals surface area contributed by atoms with E-state index in [4.69, 9.17) is 9.47 Å². The zero-order valence-electron chi connectivity index (χ0n) is 16.0. The zero-order chi connectivity index (χ0) is 19.8. The Morgan fingerprint density at radius 3 is 2.59 bits per heavy atom. The number of methoxy groups -OCH3 is 2. The minimum absolute atomic E-state index is 0.135. The molecular formula is C21H25FN2O3. The van der Waals surface area contributed by atoms with Crippen LogP contribution in [0.5, 0.6) is 11.5 Å². The summed E-state index contributed by atoms with van der Waals surface area (Å²) in [4.78, 5) is 14.2. The third-order valence-corrected chi connectivity index (χ3v) is 4.18. The topological polar surface area (TPSA) is 50.8 Å². The number of carbonyl (C=O) groups excluding carboxylic acids is 1. The van der Waals surface area contributed by atoms with Gasteiger partial charge in [-0.2, -0.15) is 0 Å². The van der Waals surface area contributed by atoms with Crippen molar-refractivity contribution in [1.82, 2.24) is 10.2 Å². The van der Waals surface area contributed by atoms with Crippen molar-refractivity contribution in [2.75, 3.05) is 34.9 Å². The molecule has 2 rings (SSSR count). The first-order valence-electron chi connectivity index (χ1n) is 8.54. The molecule has 6 heteroatoms. The van der Waals surface area contributed by atoms with E-state index in [1.165, 1.54) is 18.2 Å². The number of ether oxygens (including phenoxy) is 2. The van der Waals surface area contributed by atoms with Crippen LogP contribution in [0.2, 0.25) is 0 Å². The zero-order valence-corrected chi connectivity index (χ0v) is 16.0.